The van der Waals surface area contributed by atoms with Crippen molar-refractivity contribution in [1.29, 1.82) is 0 Å². The third-order valence-corrected chi connectivity index (χ3v) is 2.63. The third-order valence-electron chi connectivity index (χ3n) is 2.26. The van der Waals surface area contributed by atoms with Crippen molar-refractivity contribution in [2.75, 3.05) is 5.88 Å². The van der Waals surface area contributed by atoms with Crippen LogP contribution < -0.4 is 0 Å². The quantitative estimate of drug-likeness (QED) is 0.586. The van der Waals surface area contributed by atoms with Gasteiger partial charge < -0.3 is 0 Å². The third kappa shape index (κ3) is 1.14. The lowest BCUT2D eigenvalue weighted by molar-refractivity contribution is 0.737. The van der Waals surface area contributed by atoms with Crippen molar-refractivity contribution in [1.82, 2.24) is 4.98 Å². The number of halogens is 1. The molecule has 0 spiro atoms. The van der Waals surface area contributed by atoms with E-state index in [-0.39, 0.29) is 0 Å². The molecule has 1 aliphatic rings. The van der Waals surface area contributed by atoms with Crippen LogP contribution in [0.2, 0.25) is 0 Å². The molecule has 0 fully saturated rings. The standard InChI is InChI=1S/C9H10ClN/c10-6-8-4-3-7-2-1-5-11-9(7)8/h1-2,5,8H,3-4,6H2. The summed E-state index contributed by atoms with van der Waals surface area (Å²) in [7, 11) is 0. The van der Waals surface area contributed by atoms with Crippen LogP contribution in [0, 0.1) is 0 Å². The number of hydrogen-bond acceptors (Lipinski definition) is 1. The minimum Gasteiger partial charge on any atom is -0.261 e. The zero-order valence-corrected chi connectivity index (χ0v) is 7.01. The summed E-state index contributed by atoms with van der Waals surface area (Å²) in [6.07, 6.45) is 4.18. The Kier molecular flexibility index (Phi) is 1.82. The summed E-state index contributed by atoms with van der Waals surface area (Å²) in [4.78, 5) is 4.33. The summed E-state index contributed by atoms with van der Waals surface area (Å²) in [6, 6.07) is 4.14. The Morgan fingerprint density at radius 1 is 1.64 bits per heavy atom. The molecule has 58 valence electrons. The first-order valence-electron chi connectivity index (χ1n) is 3.91. The second-order valence-electron chi connectivity index (χ2n) is 2.94. The van der Waals surface area contributed by atoms with E-state index in [0.717, 1.165) is 6.42 Å². The fourth-order valence-corrected chi connectivity index (χ4v) is 1.95. The lowest BCUT2D eigenvalue weighted by Gasteiger charge is -2.03. The number of pyridine rings is 1. The van der Waals surface area contributed by atoms with Crippen molar-refractivity contribution in [3.8, 4) is 0 Å². The highest BCUT2D eigenvalue weighted by Crippen LogP contribution is 2.31. The highest BCUT2D eigenvalue weighted by molar-refractivity contribution is 6.18. The van der Waals surface area contributed by atoms with Gasteiger partial charge in [0, 0.05) is 23.7 Å². The summed E-state index contributed by atoms with van der Waals surface area (Å²) in [5.74, 6) is 1.22. The van der Waals surface area contributed by atoms with Crippen molar-refractivity contribution in [3.05, 3.63) is 29.6 Å². The van der Waals surface area contributed by atoms with Crippen LogP contribution in [0.3, 0.4) is 0 Å². The van der Waals surface area contributed by atoms with Crippen LogP contribution in [-0.4, -0.2) is 10.9 Å². The Labute approximate surface area is 71.4 Å². The van der Waals surface area contributed by atoms with E-state index >= 15 is 0 Å². The van der Waals surface area contributed by atoms with Crippen molar-refractivity contribution in [2.45, 2.75) is 18.8 Å². The molecule has 11 heavy (non-hydrogen) atoms. The maximum absolute atomic E-state index is 5.80. The van der Waals surface area contributed by atoms with Crippen molar-refractivity contribution in [3.63, 3.8) is 0 Å². The van der Waals surface area contributed by atoms with Gasteiger partial charge in [0.25, 0.3) is 0 Å². The largest absolute Gasteiger partial charge is 0.261 e. The molecular weight excluding hydrogens is 158 g/mol. The van der Waals surface area contributed by atoms with Gasteiger partial charge in [0.05, 0.1) is 0 Å². The fourth-order valence-electron chi connectivity index (χ4n) is 1.65. The molecule has 0 aliphatic heterocycles. The number of nitrogens with zero attached hydrogens (tertiary/aromatic N) is 1. The summed E-state index contributed by atoms with van der Waals surface area (Å²) >= 11 is 5.80. The number of hydrogen-bond donors (Lipinski definition) is 0. The molecule has 2 heteroatoms. The maximum Gasteiger partial charge on any atom is 0.0478 e. The maximum atomic E-state index is 5.80. The topological polar surface area (TPSA) is 12.9 Å². The molecule has 1 aromatic rings. The van der Waals surface area contributed by atoms with Crippen LogP contribution in [-0.2, 0) is 6.42 Å². The Balaban J connectivity index is 2.39. The summed E-state index contributed by atoms with van der Waals surface area (Å²) in [5.41, 5.74) is 2.61. The highest BCUT2D eigenvalue weighted by atomic mass is 35.5. The van der Waals surface area contributed by atoms with E-state index in [1.165, 1.54) is 17.7 Å². The van der Waals surface area contributed by atoms with Crippen LogP contribution >= 0.6 is 11.6 Å². The number of aromatic nitrogens is 1. The van der Waals surface area contributed by atoms with Crippen molar-refractivity contribution in [2.24, 2.45) is 0 Å². The van der Waals surface area contributed by atoms with Gasteiger partial charge in [0.2, 0.25) is 0 Å². The van der Waals surface area contributed by atoms with E-state index in [1.54, 1.807) is 0 Å². The van der Waals surface area contributed by atoms with Crippen LogP contribution in [0.4, 0.5) is 0 Å². The zero-order valence-electron chi connectivity index (χ0n) is 6.26. The second-order valence-corrected chi connectivity index (χ2v) is 3.25. The van der Waals surface area contributed by atoms with E-state index in [0.29, 0.717) is 11.8 Å². The van der Waals surface area contributed by atoms with Gasteiger partial charge in [-0.2, -0.15) is 0 Å². The summed E-state index contributed by atoms with van der Waals surface area (Å²) in [6.45, 7) is 0. The summed E-state index contributed by atoms with van der Waals surface area (Å²) in [5, 5.41) is 0. The van der Waals surface area contributed by atoms with Crippen LogP contribution in [0.1, 0.15) is 23.6 Å². The fraction of sp³-hybridized carbons (Fsp3) is 0.444. The van der Waals surface area contributed by atoms with Gasteiger partial charge in [-0.3, -0.25) is 4.98 Å². The predicted molar refractivity (Wildman–Crippen MR) is 46.0 cm³/mol. The first-order valence-corrected chi connectivity index (χ1v) is 4.45. The number of alkyl halides is 1. The normalized spacial score (nSPS) is 21.7. The Morgan fingerprint density at radius 2 is 2.55 bits per heavy atom. The van der Waals surface area contributed by atoms with Gasteiger partial charge >= 0.3 is 0 Å². The minimum absolute atomic E-state index is 0.507. The summed E-state index contributed by atoms with van der Waals surface area (Å²) < 4.78 is 0. The van der Waals surface area contributed by atoms with Gasteiger partial charge in [-0.15, -0.1) is 11.6 Å². The first kappa shape index (κ1) is 7.11. The monoisotopic (exact) mass is 167 g/mol. The van der Waals surface area contributed by atoms with Gasteiger partial charge in [-0.1, -0.05) is 6.07 Å². The van der Waals surface area contributed by atoms with Gasteiger partial charge in [-0.05, 0) is 24.5 Å². The number of aryl methyl sites for hydroxylation is 1. The van der Waals surface area contributed by atoms with E-state index in [9.17, 15) is 0 Å². The molecule has 0 saturated heterocycles. The lowest BCUT2D eigenvalue weighted by atomic mass is 10.1. The molecule has 1 heterocycles. The molecular formula is C9H10ClN. The molecule has 1 aliphatic carbocycles. The predicted octanol–water partition coefficient (Wildman–Crippen LogP) is 2.35. The minimum atomic E-state index is 0.507. The second kappa shape index (κ2) is 2.82. The van der Waals surface area contributed by atoms with Gasteiger partial charge in [-0.25, -0.2) is 0 Å². The van der Waals surface area contributed by atoms with Crippen molar-refractivity contribution < 1.29 is 0 Å². The molecule has 1 aromatic heterocycles. The Bertz CT molecular complexity index is 259. The first-order chi connectivity index (χ1) is 5.42. The van der Waals surface area contributed by atoms with E-state index in [2.05, 4.69) is 11.1 Å². The highest BCUT2D eigenvalue weighted by Gasteiger charge is 2.21. The average Bonchev–Trinajstić information content (AvgIpc) is 2.47. The smallest absolute Gasteiger partial charge is 0.0478 e. The molecule has 0 radical (unpaired) electrons. The zero-order chi connectivity index (χ0) is 7.68. The molecule has 2 rings (SSSR count). The molecule has 0 aromatic carbocycles. The average molecular weight is 168 g/mol. The SMILES string of the molecule is ClCC1CCc2cccnc21. The Hall–Kier alpha value is -0.560. The van der Waals surface area contributed by atoms with Gasteiger partial charge in [0.1, 0.15) is 0 Å². The van der Waals surface area contributed by atoms with E-state index < -0.39 is 0 Å². The molecule has 0 N–H and O–H groups in total. The number of fused-ring (bicyclic) bond motifs is 1. The molecule has 1 nitrogen and oxygen atoms in total. The van der Waals surface area contributed by atoms with Crippen LogP contribution in [0.5, 0.6) is 0 Å². The molecule has 0 bridgehead atoms. The Morgan fingerprint density at radius 3 is 3.36 bits per heavy atom. The van der Waals surface area contributed by atoms with Crippen LogP contribution in [0.15, 0.2) is 18.3 Å². The van der Waals surface area contributed by atoms with Crippen molar-refractivity contribution >= 4 is 11.6 Å². The van der Waals surface area contributed by atoms with Gasteiger partial charge in [0.15, 0.2) is 0 Å². The molecule has 1 unspecified atom stereocenters. The van der Waals surface area contributed by atoms with E-state index in [4.69, 9.17) is 11.6 Å². The van der Waals surface area contributed by atoms with Crippen LogP contribution in [0.25, 0.3) is 0 Å². The van der Waals surface area contributed by atoms with E-state index in [1.807, 2.05) is 12.3 Å². The molecule has 0 amide bonds. The number of rotatable bonds is 1. The lowest BCUT2D eigenvalue weighted by Crippen LogP contribution is -1.96. The molecule has 0 saturated carbocycles. The molecule has 1 atom stereocenters.